The molecule has 3 rings (SSSR count). The zero-order chi connectivity index (χ0) is 13.9. The van der Waals surface area contributed by atoms with Gasteiger partial charge >= 0.3 is 0 Å². The van der Waals surface area contributed by atoms with Gasteiger partial charge in [0, 0.05) is 23.6 Å². The second-order valence-electron chi connectivity index (χ2n) is 4.66. The number of hydrogen-bond acceptors (Lipinski definition) is 2. The van der Waals surface area contributed by atoms with Gasteiger partial charge in [0.05, 0.1) is 17.9 Å². The molecule has 0 aliphatic rings. The number of halogens is 1. The summed E-state index contributed by atoms with van der Waals surface area (Å²) in [6.07, 6.45) is 7.22. The number of hydrogen-bond donors (Lipinski definition) is 1. The fourth-order valence-corrected chi connectivity index (χ4v) is 2.61. The molecular weight excluding hydrogens is 270 g/mol. The van der Waals surface area contributed by atoms with Gasteiger partial charge in [-0.15, -0.1) is 0 Å². The van der Waals surface area contributed by atoms with Gasteiger partial charge in [0.2, 0.25) is 0 Å². The lowest BCUT2D eigenvalue weighted by Crippen LogP contribution is -2.06. The van der Waals surface area contributed by atoms with Crippen LogP contribution in [0.15, 0.2) is 55.2 Å². The SMILES string of the molecule is Cc1c(Cl)cccc1C(c1ccncc1)c1c[nH]cn1. The van der Waals surface area contributed by atoms with Crippen LogP contribution >= 0.6 is 11.6 Å². The van der Waals surface area contributed by atoms with E-state index in [0.717, 1.165) is 27.4 Å². The van der Waals surface area contributed by atoms with Gasteiger partial charge < -0.3 is 4.98 Å². The highest BCUT2D eigenvalue weighted by molar-refractivity contribution is 6.31. The van der Waals surface area contributed by atoms with Crippen LogP contribution in [0, 0.1) is 6.92 Å². The van der Waals surface area contributed by atoms with Gasteiger partial charge in [-0.05, 0) is 41.8 Å². The maximum atomic E-state index is 6.27. The van der Waals surface area contributed by atoms with Gasteiger partial charge in [0.1, 0.15) is 0 Å². The van der Waals surface area contributed by atoms with E-state index in [0.29, 0.717) is 0 Å². The molecule has 2 heterocycles. The molecule has 1 atom stereocenters. The number of nitrogens with zero attached hydrogens (tertiary/aromatic N) is 2. The Morgan fingerprint density at radius 1 is 1.15 bits per heavy atom. The Balaban J connectivity index is 2.19. The fourth-order valence-electron chi connectivity index (χ4n) is 2.43. The predicted molar refractivity (Wildman–Crippen MR) is 80.0 cm³/mol. The monoisotopic (exact) mass is 283 g/mol. The van der Waals surface area contributed by atoms with Gasteiger partial charge in [0.25, 0.3) is 0 Å². The molecular formula is C16H14ClN3. The zero-order valence-electron chi connectivity index (χ0n) is 11.0. The van der Waals surface area contributed by atoms with Crippen molar-refractivity contribution in [2.24, 2.45) is 0 Å². The Morgan fingerprint density at radius 2 is 1.95 bits per heavy atom. The van der Waals surface area contributed by atoms with E-state index < -0.39 is 0 Å². The third-order valence-corrected chi connectivity index (χ3v) is 3.88. The molecule has 0 amide bonds. The quantitative estimate of drug-likeness (QED) is 0.791. The van der Waals surface area contributed by atoms with Crippen LogP contribution < -0.4 is 0 Å². The Labute approximate surface area is 122 Å². The standard InChI is InChI=1S/C16H14ClN3/c1-11-13(3-2-4-14(11)17)16(15-9-19-10-20-15)12-5-7-18-8-6-12/h2-10,16H,1H3,(H,19,20). The van der Waals surface area contributed by atoms with E-state index in [4.69, 9.17) is 11.6 Å². The normalized spacial score (nSPS) is 12.3. The number of H-pyrrole nitrogens is 1. The molecule has 0 aliphatic carbocycles. The minimum Gasteiger partial charge on any atom is -0.351 e. The molecule has 0 saturated heterocycles. The van der Waals surface area contributed by atoms with Crippen LogP contribution in [-0.4, -0.2) is 15.0 Å². The molecule has 0 spiro atoms. The van der Waals surface area contributed by atoms with Crippen molar-refractivity contribution in [1.82, 2.24) is 15.0 Å². The first-order chi connectivity index (χ1) is 9.77. The smallest absolute Gasteiger partial charge is 0.0923 e. The van der Waals surface area contributed by atoms with E-state index in [9.17, 15) is 0 Å². The molecule has 0 fully saturated rings. The van der Waals surface area contributed by atoms with Crippen molar-refractivity contribution in [3.05, 3.63) is 82.7 Å². The van der Waals surface area contributed by atoms with Gasteiger partial charge in [-0.1, -0.05) is 23.7 Å². The summed E-state index contributed by atoms with van der Waals surface area (Å²) >= 11 is 6.27. The minimum atomic E-state index is 0.0583. The summed E-state index contributed by atoms with van der Waals surface area (Å²) in [6.45, 7) is 2.04. The molecule has 3 aromatic rings. The third-order valence-electron chi connectivity index (χ3n) is 3.48. The Bertz CT molecular complexity index is 693. The number of imidazole rings is 1. The number of aromatic nitrogens is 3. The second-order valence-corrected chi connectivity index (χ2v) is 5.07. The molecule has 20 heavy (non-hydrogen) atoms. The molecule has 1 aromatic carbocycles. The summed E-state index contributed by atoms with van der Waals surface area (Å²) in [6, 6.07) is 10.0. The molecule has 100 valence electrons. The van der Waals surface area contributed by atoms with Crippen molar-refractivity contribution in [3.63, 3.8) is 0 Å². The Hall–Kier alpha value is -2.13. The lowest BCUT2D eigenvalue weighted by molar-refractivity contribution is 0.917. The molecule has 0 aliphatic heterocycles. The number of rotatable bonds is 3. The first kappa shape index (κ1) is 12.9. The van der Waals surface area contributed by atoms with Crippen LogP contribution in [0.2, 0.25) is 5.02 Å². The summed E-state index contributed by atoms with van der Waals surface area (Å²) in [7, 11) is 0. The highest BCUT2D eigenvalue weighted by Crippen LogP contribution is 2.34. The molecule has 0 radical (unpaired) electrons. The van der Waals surface area contributed by atoms with Crippen molar-refractivity contribution in [3.8, 4) is 0 Å². The van der Waals surface area contributed by atoms with Crippen molar-refractivity contribution in [2.75, 3.05) is 0 Å². The number of aromatic amines is 1. The number of pyridine rings is 1. The van der Waals surface area contributed by atoms with E-state index >= 15 is 0 Å². The third kappa shape index (κ3) is 2.32. The van der Waals surface area contributed by atoms with Gasteiger partial charge in [0.15, 0.2) is 0 Å². The minimum absolute atomic E-state index is 0.0583. The van der Waals surface area contributed by atoms with Crippen LogP contribution in [-0.2, 0) is 0 Å². The van der Waals surface area contributed by atoms with Crippen molar-refractivity contribution >= 4 is 11.6 Å². The second kappa shape index (κ2) is 5.47. The topological polar surface area (TPSA) is 41.6 Å². The highest BCUT2D eigenvalue weighted by Gasteiger charge is 2.21. The number of benzene rings is 1. The summed E-state index contributed by atoms with van der Waals surface area (Å²) in [4.78, 5) is 11.5. The lowest BCUT2D eigenvalue weighted by atomic mass is 9.87. The van der Waals surface area contributed by atoms with Gasteiger partial charge in [-0.3, -0.25) is 4.98 Å². The van der Waals surface area contributed by atoms with E-state index in [2.05, 4.69) is 21.0 Å². The Kier molecular flexibility index (Phi) is 3.52. The molecule has 1 unspecified atom stereocenters. The van der Waals surface area contributed by atoms with Crippen LogP contribution in [0.1, 0.15) is 28.3 Å². The molecule has 4 heteroatoms. The molecule has 0 saturated carbocycles. The van der Waals surface area contributed by atoms with E-state index in [1.807, 2.05) is 37.4 Å². The first-order valence-corrected chi connectivity index (χ1v) is 6.79. The van der Waals surface area contributed by atoms with Crippen LogP contribution in [0.4, 0.5) is 0 Å². The lowest BCUT2D eigenvalue weighted by Gasteiger charge is -2.18. The zero-order valence-corrected chi connectivity index (χ0v) is 11.8. The number of nitrogens with one attached hydrogen (secondary N) is 1. The van der Waals surface area contributed by atoms with Crippen molar-refractivity contribution in [1.29, 1.82) is 0 Å². The first-order valence-electron chi connectivity index (χ1n) is 6.41. The van der Waals surface area contributed by atoms with Gasteiger partial charge in [-0.25, -0.2) is 4.98 Å². The van der Waals surface area contributed by atoms with Crippen LogP contribution in [0.25, 0.3) is 0 Å². The van der Waals surface area contributed by atoms with Crippen LogP contribution in [0.5, 0.6) is 0 Å². The average molecular weight is 284 g/mol. The van der Waals surface area contributed by atoms with Crippen LogP contribution in [0.3, 0.4) is 0 Å². The van der Waals surface area contributed by atoms with E-state index in [1.165, 1.54) is 0 Å². The molecule has 1 N–H and O–H groups in total. The summed E-state index contributed by atoms with van der Waals surface area (Å²) in [5.74, 6) is 0.0583. The summed E-state index contributed by atoms with van der Waals surface area (Å²) in [5, 5.41) is 0.775. The molecule has 0 bridgehead atoms. The maximum Gasteiger partial charge on any atom is 0.0923 e. The van der Waals surface area contributed by atoms with E-state index in [-0.39, 0.29) is 5.92 Å². The molecule has 3 nitrogen and oxygen atoms in total. The summed E-state index contributed by atoms with van der Waals surface area (Å²) in [5.41, 5.74) is 4.37. The van der Waals surface area contributed by atoms with Crippen molar-refractivity contribution < 1.29 is 0 Å². The average Bonchev–Trinajstić information content (AvgIpc) is 2.99. The van der Waals surface area contributed by atoms with E-state index in [1.54, 1.807) is 18.7 Å². The van der Waals surface area contributed by atoms with Gasteiger partial charge in [-0.2, -0.15) is 0 Å². The summed E-state index contributed by atoms with van der Waals surface area (Å²) < 4.78 is 0. The highest BCUT2D eigenvalue weighted by atomic mass is 35.5. The largest absolute Gasteiger partial charge is 0.351 e. The Morgan fingerprint density at radius 3 is 2.65 bits per heavy atom. The maximum absolute atomic E-state index is 6.27. The predicted octanol–water partition coefficient (Wildman–Crippen LogP) is 3.95. The molecule has 2 aromatic heterocycles. The fraction of sp³-hybridized carbons (Fsp3) is 0.125. The van der Waals surface area contributed by atoms with Crippen molar-refractivity contribution in [2.45, 2.75) is 12.8 Å².